The Balaban J connectivity index is 2.14. The van der Waals surface area contributed by atoms with Gasteiger partial charge in [-0.3, -0.25) is 0 Å². The van der Waals surface area contributed by atoms with Crippen LogP contribution in [0.3, 0.4) is 0 Å². The second-order valence-corrected chi connectivity index (χ2v) is 4.15. The van der Waals surface area contributed by atoms with Gasteiger partial charge in [-0.15, -0.1) is 0 Å². The van der Waals surface area contributed by atoms with Crippen molar-refractivity contribution in [2.45, 2.75) is 26.8 Å². The summed E-state index contributed by atoms with van der Waals surface area (Å²) in [4.78, 5) is 0. The first kappa shape index (κ1) is 5.72. The van der Waals surface area contributed by atoms with Crippen LogP contribution in [0.4, 0.5) is 0 Å². The summed E-state index contributed by atoms with van der Waals surface area (Å²) in [5.41, 5.74) is 0.671. The number of piperidine rings is 1. The van der Waals surface area contributed by atoms with Crippen LogP contribution in [0.5, 0.6) is 0 Å². The van der Waals surface area contributed by atoms with Crippen molar-refractivity contribution in [2.75, 3.05) is 6.54 Å². The summed E-state index contributed by atoms with van der Waals surface area (Å²) in [6.45, 7) is 8.34. The van der Waals surface area contributed by atoms with Gasteiger partial charge in [0.25, 0.3) is 0 Å². The van der Waals surface area contributed by atoms with E-state index in [1.165, 1.54) is 6.54 Å². The van der Waals surface area contributed by atoms with Crippen LogP contribution in [-0.4, -0.2) is 12.6 Å². The Kier molecular flexibility index (Phi) is 0.852. The summed E-state index contributed by atoms with van der Waals surface area (Å²) in [5.74, 6) is 1.98. The third-order valence-corrected chi connectivity index (χ3v) is 3.34. The van der Waals surface area contributed by atoms with Gasteiger partial charge in [0, 0.05) is 6.04 Å². The highest BCUT2D eigenvalue weighted by molar-refractivity contribution is 5.13. The molecule has 0 aromatic rings. The van der Waals surface area contributed by atoms with Crippen LogP contribution in [0.15, 0.2) is 0 Å². The van der Waals surface area contributed by atoms with Crippen molar-refractivity contribution in [3.8, 4) is 0 Å². The van der Waals surface area contributed by atoms with E-state index in [9.17, 15) is 0 Å². The minimum Gasteiger partial charge on any atom is -0.314 e. The summed E-state index contributed by atoms with van der Waals surface area (Å²) in [7, 11) is 0. The highest BCUT2D eigenvalue weighted by atomic mass is 15.0. The van der Waals surface area contributed by atoms with Gasteiger partial charge in [-0.1, -0.05) is 13.8 Å². The topological polar surface area (TPSA) is 12.0 Å². The monoisotopic (exact) mass is 125 g/mol. The van der Waals surface area contributed by atoms with E-state index in [2.05, 4.69) is 26.1 Å². The average molecular weight is 125 g/mol. The average Bonchev–Trinajstić information content (AvgIpc) is 2.19. The van der Waals surface area contributed by atoms with Crippen LogP contribution < -0.4 is 5.32 Å². The van der Waals surface area contributed by atoms with Crippen molar-refractivity contribution >= 4 is 0 Å². The van der Waals surface area contributed by atoms with Gasteiger partial charge in [0.1, 0.15) is 0 Å². The highest BCUT2D eigenvalue weighted by Crippen LogP contribution is 2.62. The molecule has 0 spiro atoms. The summed E-state index contributed by atoms with van der Waals surface area (Å²) in [6, 6.07) is 0.782. The fraction of sp³-hybridized carbons (Fsp3) is 1.00. The zero-order valence-electron chi connectivity index (χ0n) is 6.44. The van der Waals surface area contributed by atoms with E-state index in [0.717, 1.165) is 17.9 Å². The van der Waals surface area contributed by atoms with Gasteiger partial charge in [0.2, 0.25) is 0 Å². The normalized spacial score (nSPS) is 53.0. The van der Waals surface area contributed by atoms with Crippen molar-refractivity contribution in [1.82, 2.24) is 5.32 Å². The van der Waals surface area contributed by atoms with E-state index >= 15 is 0 Å². The van der Waals surface area contributed by atoms with Crippen molar-refractivity contribution < 1.29 is 0 Å². The van der Waals surface area contributed by atoms with Crippen molar-refractivity contribution in [3.05, 3.63) is 0 Å². The van der Waals surface area contributed by atoms with Crippen LogP contribution in [0.2, 0.25) is 0 Å². The Morgan fingerprint density at radius 1 is 1.44 bits per heavy atom. The molecule has 0 aromatic heterocycles. The molecular weight excluding hydrogens is 110 g/mol. The van der Waals surface area contributed by atoms with E-state index in [1.807, 2.05) is 0 Å². The fourth-order valence-electron chi connectivity index (χ4n) is 2.61. The molecule has 0 radical (unpaired) electrons. The maximum Gasteiger partial charge on any atom is 0.00756 e. The molecule has 1 N–H and O–H groups in total. The SMILES string of the molecule is C[C@H]1NC[C@H]2C1C2(C)C. The third kappa shape index (κ3) is 0.536. The molecule has 2 rings (SSSR count). The standard InChI is InChI=1S/C8H15N/c1-5-7-6(4-9-5)8(7,2)3/h5-7,9H,4H2,1-3H3/t5-,6+,7?/m1/s1. The first-order valence-electron chi connectivity index (χ1n) is 3.87. The second kappa shape index (κ2) is 1.34. The predicted octanol–water partition coefficient (Wildman–Crippen LogP) is 1.25. The van der Waals surface area contributed by atoms with Crippen molar-refractivity contribution in [1.29, 1.82) is 0 Å². The molecule has 2 aliphatic rings. The first-order valence-corrected chi connectivity index (χ1v) is 3.87. The Bertz CT molecular complexity index is 140. The second-order valence-electron chi connectivity index (χ2n) is 4.15. The molecule has 1 aliphatic heterocycles. The minimum absolute atomic E-state index is 0.671. The van der Waals surface area contributed by atoms with E-state index in [1.54, 1.807) is 0 Å². The van der Waals surface area contributed by atoms with Crippen molar-refractivity contribution in [3.63, 3.8) is 0 Å². The number of hydrogen-bond acceptors (Lipinski definition) is 1. The van der Waals surface area contributed by atoms with Gasteiger partial charge in [-0.2, -0.15) is 0 Å². The molecule has 0 amide bonds. The number of hydrogen-bond donors (Lipinski definition) is 1. The summed E-state index contributed by atoms with van der Waals surface area (Å²) in [5, 5.41) is 3.47. The fourth-order valence-corrected chi connectivity index (χ4v) is 2.61. The van der Waals surface area contributed by atoms with Crippen LogP contribution in [0, 0.1) is 17.3 Å². The molecule has 1 saturated carbocycles. The van der Waals surface area contributed by atoms with Gasteiger partial charge < -0.3 is 5.32 Å². The summed E-state index contributed by atoms with van der Waals surface area (Å²) >= 11 is 0. The zero-order valence-corrected chi connectivity index (χ0v) is 6.44. The molecule has 52 valence electrons. The zero-order chi connectivity index (χ0) is 6.65. The Morgan fingerprint density at radius 3 is 2.33 bits per heavy atom. The largest absolute Gasteiger partial charge is 0.314 e. The van der Waals surface area contributed by atoms with Crippen molar-refractivity contribution in [2.24, 2.45) is 17.3 Å². The predicted molar refractivity (Wildman–Crippen MR) is 38.2 cm³/mol. The van der Waals surface area contributed by atoms with E-state index in [4.69, 9.17) is 0 Å². The molecule has 0 bridgehead atoms. The molecule has 1 saturated heterocycles. The van der Waals surface area contributed by atoms with E-state index < -0.39 is 0 Å². The van der Waals surface area contributed by atoms with Crippen LogP contribution in [0.1, 0.15) is 20.8 Å². The lowest BCUT2D eigenvalue weighted by molar-refractivity contribution is 0.418. The van der Waals surface area contributed by atoms with Gasteiger partial charge in [0.05, 0.1) is 0 Å². The molecule has 0 aromatic carbocycles. The molecule has 9 heavy (non-hydrogen) atoms. The van der Waals surface area contributed by atoms with Gasteiger partial charge in [-0.25, -0.2) is 0 Å². The molecule has 1 heterocycles. The maximum atomic E-state index is 3.47. The number of nitrogens with one attached hydrogen (secondary N) is 1. The minimum atomic E-state index is 0.671. The van der Waals surface area contributed by atoms with Gasteiger partial charge in [-0.05, 0) is 30.7 Å². The summed E-state index contributed by atoms with van der Waals surface area (Å²) in [6.07, 6.45) is 0. The smallest absolute Gasteiger partial charge is 0.00756 e. The van der Waals surface area contributed by atoms with Gasteiger partial charge in [0.15, 0.2) is 0 Å². The Labute approximate surface area is 56.8 Å². The number of fused-ring (bicyclic) bond motifs is 1. The lowest BCUT2D eigenvalue weighted by Crippen LogP contribution is -2.27. The van der Waals surface area contributed by atoms with E-state index in [-0.39, 0.29) is 0 Å². The molecule has 1 nitrogen and oxygen atoms in total. The molecule has 1 heteroatoms. The lowest BCUT2D eigenvalue weighted by atomic mass is 10.0. The summed E-state index contributed by atoms with van der Waals surface area (Å²) < 4.78 is 0. The van der Waals surface area contributed by atoms with Crippen LogP contribution in [0.25, 0.3) is 0 Å². The van der Waals surface area contributed by atoms with Gasteiger partial charge >= 0.3 is 0 Å². The third-order valence-electron chi connectivity index (χ3n) is 3.34. The van der Waals surface area contributed by atoms with Crippen LogP contribution in [-0.2, 0) is 0 Å². The van der Waals surface area contributed by atoms with Crippen LogP contribution >= 0.6 is 0 Å². The Morgan fingerprint density at radius 2 is 2.11 bits per heavy atom. The Hall–Kier alpha value is -0.0400. The molecule has 1 unspecified atom stereocenters. The number of rotatable bonds is 0. The lowest BCUT2D eigenvalue weighted by Gasteiger charge is -2.13. The molecule has 1 aliphatic carbocycles. The molecule has 3 atom stereocenters. The first-order chi connectivity index (χ1) is 4.14. The molecular formula is C8H15N. The van der Waals surface area contributed by atoms with E-state index in [0.29, 0.717) is 5.41 Å². The quantitative estimate of drug-likeness (QED) is 0.514. The molecule has 2 fully saturated rings. The maximum absolute atomic E-state index is 3.47. The highest BCUT2D eigenvalue weighted by Gasteiger charge is 2.62.